The largest absolute Gasteiger partial charge is 0.465 e. The molecule has 0 spiro atoms. The summed E-state index contributed by atoms with van der Waals surface area (Å²) in [4.78, 5) is 87.4. The van der Waals surface area contributed by atoms with Crippen molar-refractivity contribution in [2.45, 2.75) is 211 Å². The van der Waals surface area contributed by atoms with Gasteiger partial charge < -0.3 is 118 Å². The number of nitrogens with zero attached hydrogens (tertiary/aromatic N) is 7. The number of benzene rings is 2. The van der Waals surface area contributed by atoms with Gasteiger partial charge in [0.2, 0.25) is 11.7 Å². The van der Waals surface area contributed by atoms with Crippen LogP contribution in [0.1, 0.15) is 142 Å². The molecule has 0 unspecified atom stereocenters. The molecule has 3 fully saturated rings. The van der Waals surface area contributed by atoms with Gasteiger partial charge >= 0.3 is 5.97 Å². The highest BCUT2D eigenvalue weighted by atomic mass is 32.1. The number of nitrogens with two attached hydrogens (primary N) is 3. The first-order valence-electron chi connectivity index (χ1n) is 45.1. The van der Waals surface area contributed by atoms with Gasteiger partial charge in [-0.2, -0.15) is 10.1 Å². The SMILES string of the molecule is CO[C@H]1C[C@@H]2CC[C@@H](C)[C@@](O)(O2)C(=O)C(=O)N2CCCC[C@H]2C(=O)O[C@H]([C@H](N)C[C@@H]2CC[C@@H](OC(=S)NCCOCCOCCOCCOCCOCCOCCOCCOCCC(=O)N3CCc4cc(Cn5nc(-c6ccc7oc(N)nc7c6)c6c(N)ncnc65)ccc4C3)[C@H](OC)C2)C[C@@H](OC)[C@H](C)/C=C(\C)[C@@H](O)[C@@H](OC)C(=O)[C@H](C)C[C@H](C)/C=C/C=CC=C1C. The third-order valence-corrected chi connectivity index (χ3v) is 24.9. The number of carbonyl (C=O) groups excluding carboxylic acids is 5. The summed E-state index contributed by atoms with van der Waals surface area (Å²) in [6.07, 6.45) is 13.3. The molecule has 4 aliphatic heterocycles. The number of Topliss-reactive ketones (excluding diaryl/α,β-unsaturated/α-hetero) is 2. The van der Waals surface area contributed by atoms with Crippen LogP contribution in [-0.2, 0) is 115 Å². The summed E-state index contributed by atoms with van der Waals surface area (Å²) in [6.45, 7) is 19.4. The van der Waals surface area contributed by atoms with E-state index in [4.69, 9.17) is 110 Å². The van der Waals surface area contributed by atoms with Crippen LogP contribution in [-0.4, -0.2) is 300 Å². The molecular weight excluding hydrogens is 1670 g/mol. The highest BCUT2D eigenvalue weighted by molar-refractivity contribution is 7.80. The average Bonchev–Trinajstić information content (AvgIpc) is 1.56. The molecule has 1 saturated carbocycles. The highest BCUT2D eigenvalue weighted by Crippen LogP contribution is 2.40. The van der Waals surface area contributed by atoms with E-state index in [9.17, 15) is 34.2 Å². The normalized spacial score (nSPS) is 26.8. The van der Waals surface area contributed by atoms with E-state index in [-0.39, 0.29) is 72.7 Å². The minimum absolute atomic E-state index is 0.00572. The van der Waals surface area contributed by atoms with Crippen molar-refractivity contribution in [2.24, 2.45) is 35.3 Å². The van der Waals surface area contributed by atoms with Crippen LogP contribution in [0.25, 0.3) is 33.4 Å². The van der Waals surface area contributed by atoms with Gasteiger partial charge in [-0.15, -0.1) is 0 Å². The third kappa shape index (κ3) is 29.7. The molecule has 16 atom stereocenters. The summed E-state index contributed by atoms with van der Waals surface area (Å²) >= 11 is 5.63. The minimum atomic E-state index is -2.47. The Morgan fingerprint density at radius 2 is 1.38 bits per heavy atom. The van der Waals surface area contributed by atoms with Crippen molar-refractivity contribution in [3.8, 4) is 11.3 Å². The number of thiocarbonyl (C=S) groups is 1. The highest BCUT2D eigenvalue weighted by Gasteiger charge is 2.53. The Balaban J connectivity index is 0.557. The van der Waals surface area contributed by atoms with E-state index < -0.39 is 89.9 Å². The van der Waals surface area contributed by atoms with Crippen molar-refractivity contribution in [1.82, 2.24) is 39.8 Å². The number of esters is 1. The molecule has 0 radical (unpaired) electrons. The number of hydrogen-bond acceptors (Lipinski definition) is 31. The van der Waals surface area contributed by atoms with Crippen molar-refractivity contribution in [3.05, 3.63) is 107 Å². The Kier molecular flexibility index (Phi) is 41.5. The first kappa shape index (κ1) is 102. The lowest BCUT2D eigenvalue weighted by atomic mass is 9.80. The average molecular weight is 1810 g/mol. The monoisotopic (exact) mass is 1810 g/mol. The molecule has 7 heterocycles. The molecule has 3 aromatic heterocycles. The van der Waals surface area contributed by atoms with Crippen LogP contribution in [0.4, 0.5) is 11.8 Å². The predicted octanol–water partition coefficient (Wildman–Crippen LogP) is 8.48. The second kappa shape index (κ2) is 52.2. The van der Waals surface area contributed by atoms with Crippen LogP contribution in [0.15, 0.2) is 94.7 Å². The Labute approximate surface area is 756 Å². The van der Waals surface area contributed by atoms with Gasteiger partial charge in [-0.3, -0.25) is 19.2 Å². The van der Waals surface area contributed by atoms with Crippen LogP contribution in [0.5, 0.6) is 0 Å². The fourth-order valence-corrected chi connectivity index (χ4v) is 17.6. The first-order valence-corrected chi connectivity index (χ1v) is 45.5. The Bertz CT molecular complexity index is 4490. The van der Waals surface area contributed by atoms with Gasteiger partial charge in [-0.05, 0) is 155 Å². The van der Waals surface area contributed by atoms with Crippen LogP contribution < -0.4 is 22.5 Å². The number of cyclic esters (lactones) is 1. The number of ether oxygens (including phenoxy) is 15. The van der Waals surface area contributed by atoms with Gasteiger partial charge in [0, 0.05) is 96.8 Å². The zero-order valence-corrected chi connectivity index (χ0v) is 77.0. The van der Waals surface area contributed by atoms with Gasteiger partial charge in [-0.1, -0.05) is 82.4 Å². The van der Waals surface area contributed by atoms with E-state index in [0.29, 0.717) is 235 Å². The summed E-state index contributed by atoms with van der Waals surface area (Å²) in [5.74, 6) is -6.88. The van der Waals surface area contributed by atoms with Crippen molar-refractivity contribution in [2.75, 3.05) is 165 Å². The molecule has 5 aliphatic rings. The van der Waals surface area contributed by atoms with Crippen LogP contribution >= 0.6 is 12.2 Å². The number of piperidine rings is 1. The molecule has 5 aromatic rings. The zero-order valence-electron chi connectivity index (χ0n) is 76.2. The number of hydrogen-bond donors (Lipinski definition) is 6. The number of fused-ring (bicyclic) bond motifs is 6. The van der Waals surface area contributed by atoms with Gasteiger partial charge in [0.15, 0.2) is 17.0 Å². The maximum Gasteiger partial charge on any atom is 0.329 e. The fraction of sp³-hybridized carbons (Fsp3) is 0.656. The number of methoxy groups -OCH3 is 4. The van der Waals surface area contributed by atoms with Crippen molar-refractivity contribution >= 4 is 80.7 Å². The van der Waals surface area contributed by atoms with Gasteiger partial charge in [0.05, 0.1) is 148 Å². The molecule has 2 bridgehead atoms. The number of aliphatic hydroxyl groups is 2. The number of amides is 2. The van der Waals surface area contributed by atoms with E-state index in [1.54, 1.807) is 41.2 Å². The van der Waals surface area contributed by atoms with Gasteiger partial charge in [0.1, 0.15) is 53.8 Å². The lowest BCUT2D eigenvalue weighted by Gasteiger charge is -2.43. The molecule has 2 amide bonds. The summed E-state index contributed by atoms with van der Waals surface area (Å²) in [5, 5.41) is 32.9. The number of anilines is 2. The molecule has 35 heteroatoms. The second-order valence-corrected chi connectivity index (χ2v) is 34.4. The lowest BCUT2D eigenvalue weighted by molar-refractivity contribution is -0.265. The summed E-state index contributed by atoms with van der Waals surface area (Å²) in [7, 11) is 6.15. The van der Waals surface area contributed by atoms with Gasteiger partial charge in [0.25, 0.3) is 22.9 Å². The number of aliphatic hydroxyl groups excluding tert-OH is 1. The number of oxazole rings is 1. The standard InChI is InChI=1S/C93H137N11O23S/c1-59-16-12-11-13-17-60(2)76(112-7)54-70-24-19-64(6)93(111,127-70)86(108)89(109)103-30-15-14-18-73(103)90(110)124-78(55-77(113-8)61(3)49-63(5)84(107)85(115-10)83(106)62(4)48-59)71(94)51-65-21-25-75(79(52-65)114-9)126-92(128)97-29-33-117-35-37-119-39-41-121-43-45-123-47-46-122-44-42-120-40-38-118-36-34-116-32-28-80(105)102-31-27-67-50-66(20-22-69(67)57-102)56-104-88-81(87(95)98-58-99-88)82(101-104)68-23-26-74-72(53-68)100-91(96)125-74/h11-13,16-17,20,22-23,26,49-50,53,58-59,61-62,64-65,70-71,73,75-79,84-85,107,111H,14-15,18-19,21,24-25,27-48,51-52,54-57,94H2,1-10H3,(H2,96,100)(H,97,128)(H2,95,98,99)/b13-11?,16-12+,60-17?,63-49+/t59-,61-,62-,64-,65+,70+,71-,73+,75-,76+,77-,78+,79-,84-,85+,93-/m1/s1. The van der Waals surface area contributed by atoms with Crippen molar-refractivity contribution in [3.63, 3.8) is 0 Å². The molecule has 708 valence electrons. The molecule has 2 saturated heterocycles. The first-order chi connectivity index (χ1) is 61.8. The van der Waals surface area contributed by atoms with Gasteiger partial charge in [-0.25, -0.2) is 19.4 Å². The zero-order chi connectivity index (χ0) is 91.7. The topological polar surface area (TPSA) is 430 Å². The molecule has 9 N–H and O–H groups in total. The minimum Gasteiger partial charge on any atom is -0.465 e. The number of ketones is 2. The number of nitrogen functional groups attached to an aromatic ring is 2. The Hall–Kier alpha value is -8.18. The lowest BCUT2D eigenvalue weighted by Crippen LogP contribution is -2.61. The van der Waals surface area contributed by atoms with E-state index >= 15 is 0 Å². The van der Waals surface area contributed by atoms with E-state index in [0.717, 1.165) is 28.7 Å². The molecule has 34 nitrogen and oxygen atoms in total. The van der Waals surface area contributed by atoms with E-state index in [1.165, 1.54) is 23.9 Å². The molecule has 128 heavy (non-hydrogen) atoms. The number of rotatable bonds is 38. The van der Waals surface area contributed by atoms with Crippen molar-refractivity contribution < 1.29 is 110 Å². The van der Waals surface area contributed by atoms with E-state index in [1.807, 2.05) is 85.9 Å². The summed E-state index contributed by atoms with van der Waals surface area (Å²) < 4.78 is 95.4. The maximum atomic E-state index is 14.9. The van der Waals surface area contributed by atoms with Crippen LogP contribution in [0, 0.1) is 29.6 Å². The van der Waals surface area contributed by atoms with Crippen LogP contribution in [0.3, 0.4) is 0 Å². The predicted molar refractivity (Wildman–Crippen MR) is 482 cm³/mol. The van der Waals surface area contributed by atoms with Crippen molar-refractivity contribution in [1.29, 1.82) is 0 Å². The quantitative estimate of drug-likeness (QED) is 0.00709. The number of aromatic nitrogens is 5. The molecule has 2 aromatic carbocycles. The van der Waals surface area contributed by atoms with Crippen LogP contribution in [0.2, 0.25) is 0 Å². The van der Waals surface area contributed by atoms with E-state index in [2.05, 4.69) is 38.5 Å². The summed E-state index contributed by atoms with van der Waals surface area (Å²) in [5.41, 5.74) is 27.3. The Morgan fingerprint density at radius 3 is 2.04 bits per heavy atom. The smallest absolute Gasteiger partial charge is 0.329 e. The molecule has 10 rings (SSSR count). The number of allylic oxidation sites excluding steroid dienone is 5. The second-order valence-electron chi connectivity index (χ2n) is 34.0. The fourth-order valence-electron chi connectivity index (χ4n) is 17.3. The number of nitrogens with one attached hydrogen (secondary N) is 1. The Morgan fingerprint density at radius 1 is 0.703 bits per heavy atom. The number of carbonyl (C=O) groups is 5. The molecular formula is C93H137N11O23S. The summed E-state index contributed by atoms with van der Waals surface area (Å²) in [6, 6.07) is 10.00. The molecule has 1 aliphatic carbocycles. The maximum absolute atomic E-state index is 14.9. The third-order valence-electron chi connectivity index (χ3n) is 24.7.